The van der Waals surface area contributed by atoms with Crippen molar-refractivity contribution in [1.82, 2.24) is 0 Å². The number of anilines is 1. The Morgan fingerprint density at radius 2 is 1.95 bits per heavy atom. The molecule has 0 radical (unpaired) electrons. The largest absolute Gasteiger partial charge is 0.380 e. The first-order valence-electron chi connectivity index (χ1n) is 6.35. The third-order valence-electron chi connectivity index (χ3n) is 3.05. The number of nitrogens with one attached hydrogen (secondary N) is 1. The summed E-state index contributed by atoms with van der Waals surface area (Å²) in [6.07, 6.45) is 0. The number of rotatable bonds is 6. The zero-order chi connectivity index (χ0) is 15.2. The molecule has 110 valence electrons. The summed E-state index contributed by atoms with van der Waals surface area (Å²) in [5.41, 5.74) is 2.94. The van der Waals surface area contributed by atoms with Crippen molar-refractivity contribution >= 4 is 27.3 Å². The molecule has 0 aliphatic carbocycles. The fourth-order valence-corrected chi connectivity index (χ4v) is 2.37. The molecule has 0 atom stereocenters. The van der Waals surface area contributed by atoms with Gasteiger partial charge in [-0.1, -0.05) is 24.3 Å². The normalized spacial score (nSPS) is 10.4. The molecule has 0 aliphatic rings. The number of non-ortho nitro benzene ring substituents is 1. The van der Waals surface area contributed by atoms with Gasteiger partial charge >= 0.3 is 0 Å². The predicted molar refractivity (Wildman–Crippen MR) is 85.3 cm³/mol. The Morgan fingerprint density at radius 3 is 2.62 bits per heavy atom. The van der Waals surface area contributed by atoms with E-state index in [1.165, 1.54) is 12.1 Å². The molecule has 0 aromatic heterocycles. The molecule has 0 bridgehead atoms. The zero-order valence-corrected chi connectivity index (χ0v) is 13.1. The summed E-state index contributed by atoms with van der Waals surface area (Å²) < 4.78 is 5.96. The average Bonchev–Trinajstić information content (AvgIpc) is 2.48. The van der Waals surface area contributed by atoms with E-state index in [1.807, 2.05) is 24.3 Å². The Morgan fingerprint density at radius 1 is 1.24 bits per heavy atom. The number of methoxy groups -OCH3 is 1. The standard InChI is InChI=1S/C15H15BrN2O3/c1-21-10-12-5-3-2-4-11(12)9-17-15-8-13(18(19)20)6-7-14(15)16/h2-8,17H,9-10H2,1H3. The third-order valence-corrected chi connectivity index (χ3v) is 3.74. The van der Waals surface area contributed by atoms with E-state index in [-0.39, 0.29) is 5.69 Å². The van der Waals surface area contributed by atoms with E-state index in [1.54, 1.807) is 13.2 Å². The SMILES string of the molecule is COCc1ccccc1CNc1cc([N+](=O)[O-])ccc1Br. The molecule has 0 saturated heterocycles. The highest BCUT2D eigenvalue weighted by atomic mass is 79.9. The minimum atomic E-state index is -0.406. The summed E-state index contributed by atoms with van der Waals surface area (Å²) in [5, 5.41) is 14.0. The molecule has 5 nitrogen and oxygen atoms in total. The Kier molecular flexibility index (Phi) is 5.30. The van der Waals surface area contributed by atoms with E-state index in [9.17, 15) is 10.1 Å². The molecule has 0 spiro atoms. The lowest BCUT2D eigenvalue weighted by molar-refractivity contribution is -0.384. The molecule has 0 unspecified atom stereocenters. The summed E-state index contributed by atoms with van der Waals surface area (Å²) >= 11 is 3.39. The van der Waals surface area contributed by atoms with Crippen LogP contribution in [0.25, 0.3) is 0 Å². The molecule has 0 saturated carbocycles. The van der Waals surface area contributed by atoms with Gasteiger partial charge in [-0.25, -0.2) is 0 Å². The van der Waals surface area contributed by atoms with E-state index in [4.69, 9.17) is 4.74 Å². The maximum Gasteiger partial charge on any atom is 0.271 e. The lowest BCUT2D eigenvalue weighted by atomic mass is 10.1. The number of ether oxygens (including phenoxy) is 1. The van der Waals surface area contributed by atoms with Gasteiger partial charge in [-0.15, -0.1) is 0 Å². The molecule has 21 heavy (non-hydrogen) atoms. The summed E-state index contributed by atoms with van der Waals surface area (Å²) in [6.45, 7) is 1.10. The highest BCUT2D eigenvalue weighted by Gasteiger charge is 2.10. The number of nitrogens with zero attached hydrogens (tertiary/aromatic N) is 1. The number of hydrogen-bond acceptors (Lipinski definition) is 4. The zero-order valence-electron chi connectivity index (χ0n) is 11.5. The van der Waals surface area contributed by atoms with Crippen LogP contribution in [0.15, 0.2) is 46.9 Å². The van der Waals surface area contributed by atoms with E-state index < -0.39 is 4.92 Å². The van der Waals surface area contributed by atoms with Gasteiger partial charge in [-0.2, -0.15) is 0 Å². The highest BCUT2D eigenvalue weighted by Crippen LogP contribution is 2.27. The fourth-order valence-electron chi connectivity index (χ4n) is 1.98. The predicted octanol–water partition coefficient (Wildman–Crippen LogP) is 4.12. The van der Waals surface area contributed by atoms with Crippen molar-refractivity contribution in [1.29, 1.82) is 0 Å². The smallest absolute Gasteiger partial charge is 0.271 e. The fraction of sp³-hybridized carbons (Fsp3) is 0.200. The average molecular weight is 351 g/mol. The van der Waals surface area contributed by atoms with Crippen LogP contribution in [0.4, 0.5) is 11.4 Å². The van der Waals surface area contributed by atoms with Gasteiger partial charge in [-0.05, 0) is 33.1 Å². The van der Waals surface area contributed by atoms with Gasteiger partial charge in [0.05, 0.1) is 17.2 Å². The molecule has 2 rings (SSSR count). The van der Waals surface area contributed by atoms with E-state index in [0.29, 0.717) is 18.8 Å². The first-order chi connectivity index (χ1) is 10.1. The van der Waals surface area contributed by atoms with Crippen LogP contribution in [-0.4, -0.2) is 12.0 Å². The summed E-state index contributed by atoms with van der Waals surface area (Å²) in [5.74, 6) is 0. The van der Waals surface area contributed by atoms with Crippen molar-refractivity contribution in [3.05, 3.63) is 68.2 Å². The third kappa shape index (κ3) is 4.03. The number of nitro benzene ring substituents is 1. The van der Waals surface area contributed by atoms with Crippen LogP contribution < -0.4 is 5.32 Å². The molecular formula is C15H15BrN2O3. The van der Waals surface area contributed by atoms with Crippen LogP contribution in [0.1, 0.15) is 11.1 Å². The van der Waals surface area contributed by atoms with Crippen molar-refractivity contribution in [2.45, 2.75) is 13.2 Å². The lowest BCUT2D eigenvalue weighted by Crippen LogP contribution is -2.04. The molecule has 6 heteroatoms. The monoisotopic (exact) mass is 350 g/mol. The Labute approximate surface area is 131 Å². The van der Waals surface area contributed by atoms with Crippen LogP contribution in [0.3, 0.4) is 0 Å². The summed E-state index contributed by atoms with van der Waals surface area (Å²) in [7, 11) is 1.65. The molecule has 0 amide bonds. The minimum Gasteiger partial charge on any atom is -0.380 e. The van der Waals surface area contributed by atoms with Crippen molar-refractivity contribution in [2.24, 2.45) is 0 Å². The second-order valence-corrected chi connectivity index (χ2v) is 5.33. The number of hydrogen-bond donors (Lipinski definition) is 1. The van der Waals surface area contributed by atoms with E-state index in [0.717, 1.165) is 15.6 Å². The minimum absolute atomic E-state index is 0.0610. The highest BCUT2D eigenvalue weighted by molar-refractivity contribution is 9.10. The lowest BCUT2D eigenvalue weighted by Gasteiger charge is -2.12. The number of halogens is 1. The van der Waals surface area contributed by atoms with Gasteiger partial charge in [0.25, 0.3) is 5.69 Å². The summed E-state index contributed by atoms with van der Waals surface area (Å²) in [6, 6.07) is 12.6. The van der Waals surface area contributed by atoms with Crippen LogP contribution in [0.2, 0.25) is 0 Å². The van der Waals surface area contributed by atoms with Gasteiger partial charge in [0.15, 0.2) is 0 Å². The van der Waals surface area contributed by atoms with Crippen molar-refractivity contribution in [2.75, 3.05) is 12.4 Å². The molecule has 0 aliphatic heterocycles. The maximum absolute atomic E-state index is 10.8. The van der Waals surface area contributed by atoms with E-state index in [2.05, 4.69) is 21.2 Å². The molecule has 2 aromatic carbocycles. The molecule has 2 aromatic rings. The van der Waals surface area contributed by atoms with Crippen LogP contribution >= 0.6 is 15.9 Å². The van der Waals surface area contributed by atoms with Crippen LogP contribution in [-0.2, 0) is 17.9 Å². The first-order valence-corrected chi connectivity index (χ1v) is 7.14. The second-order valence-electron chi connectivity index (χ2n) is 4.48. The van der Waals surface area contributed by atoms with E-state index >= 15 is 0 Å². The second kappa shape index (κ2) is 7.19. The van der Waals surface area contributed by atoms with Gasteiger partial charge in [0.1, 0.15) is 0 Å². The first kappa shape index (κ1) is 15.5. The number of benzene rings is 2. The van der Waals surface area contributed by atoms with Gasteiger partial charge in [0, 0.05) is 30.3 Å². The van der Waals surface area contributed by atoms with Crippen molar-refractivity contribution in [3.63, 3.8) is 0 Å². The molecule has 1 N–H and O–H groups in total. The van der Waals surface area contributed by atoms with Crippen molar-refractivity contribution in [3.8, 4) is 0 Å². The number of nitro groups is 1. The van der Waals surface area contributed by atoms with Crippen molar-refractivity contribution < 1.29 is 9.66 Å². The van der Waals surface area contributed by atoms with Gasteiger partial charge in [0.2, 0.25) is 0 Å². The summed E-state index contributed by atoms with van der Waals surface area (Å²) in [4.78, 5) is 10.4. The Hall–Kier alpha value is -1.92. The van der Waals surface area contributed by atoms with Gasteiger partial charge in [-0.3, -0.25) is 10.1 Å². The Balaban J connectivity index is 2.16. The van der Waals surface area contributed by atoms with Crippen LogP contribution in [0, 0.1) is 10.1 Å². The quantitative estimate of drug-likeness (QED) is 0.628. The maximum atomic E-state index is 10.8. The van der Waals surface area contributed by atoms with Gasteiger partial charge < -0.3 is 10.1 Å². The molecule has 0 fully saturated rings. The molecule has 0 heterocycles. The van der Waals surface area contributed by atoms with Crippen LogP contribution in [0.5, 0.6) is 0 Å². The topological polar surface area (TPSA) is 64.4 Å². The Bertz CT molecular complexity index is 647. The molecular weight excluding hydrogens is 336 g/mol.